The molecule has 0 bridgehead atoms. The molecule has 0 aromatic carbocycles. The zero-order valence-electron chi connectivity index (χ0n) is 21.0. The van der Waals surface area contributed by atoms with E-state index in [1.165, 1.54) is 89.9 Å². The van der Waals surface area contributed by atoms with Crippen molar-refractivity contribution in [1.82, 2.24) is 4.90 Å². The standard InChI is InChI=1S/C22H43N3.C4H6O4/c1-2-3-4-5-6-7-8-9-10-11-12-13-14-15-16-17-22-24-19-21-25(22)20-18-23;5-3(6)1-2-4(7)8/h16-17H,2-15,18-21,23H2,1H3;1-2H2,(H,5,6)(H,7,8). The van der Waals surface area contributed by atoms with E-state index >= 15 is 0 Å². The quantitative estimate of drug-likeness (QED) is 0.200. The van der Waals surface area contributed by atoms with Crippen LogP contribution in [-0.2, 0) is 9.59 Å². The molecule has 1 aliphatic heterocycles. The molecule has 0 aliphatic carbocycles. The number of unbranched alkanes of at least 4 members (excludes halogenated alkanes) is 13. The molecule has 192 valence electrons. The lowest BCUT2D eigenvalue weighted by atomic mass is 10.0. The predicted octanol–water partition coefficient (Wildman–Crippen LogP) is 5.63. The second-order valence-corrected chi connectivity index (χ2v) is 8.74. The first-order chi connectivity index (χ1) is 16.0. The van der Waals surface area contributed by atoms with E-state index in [0.29, 0.717) is 6.54 Å². The van der Waals surface area contributed by atoms with Crippen LogP contribution in [-0.4, -0.2) is 59.1 Å². The Bertz CT molecular complexity index is 536. The maximum Gasteiger partial charge on any atom is 0.303 e. The number of aliphatic carboxylic acids is 2. The number of carbonyl (C=O) groups is 2. The van der Waals surface area contributed by atoms with Crippen LogP contribution in [0.2, 0.25) is 0 Å². The molecule has 7 nitrogen and oxygen atoms in total. The molecule has 0 spiro atoms. The molecule has 1 aliphatic rings. The summed E-state index contributed by atoms with van der Waals surface area (Å²) in [4.78, 5) is 26.1. The van der Waals surface area contributed by atoms with E-state index in [0.717, 1.165) is 25.5 Å². The van der Waals surface area contributed by atoms with Crippen LogP contribution in [0.4, 0.5) is 0 Å². The Morgan fingerprint density at radius 1 is 0.879 bits per heavy atom. The largest absolute Gasteiger partial charge is 0.481 e. The first kappa shape index (κ1) is 31.1. The van der Waals surface area contributed by atoms with Crippen molar-refractivity contribution in [1.29, 1.82) is 0 Å². The van der Waals surface area contributed by atoms with E-state index in [-0.39, 0.29) is 12.8 Å². The summed E-state index contributed by atoms with van der Waals surface area (Å²) >= 11 is 0. The van der Waals surface area contributed by atoms with E-state index in [4.69, 9.17) is 15.9 Å². The Morgan fingerprint density at radius 3 is 1.82 bits per heavy atom. The number of hydrogen-bond acceptors (Lipinski definition) is 5. The summed E-state index contributed by atoms with van der Waals surface area (Å²) in [5, 5.41) is 15.8. The average molecular weight is 468 g/mol. The van der Waals surface area contributed by atoms with E-state index in [1.807, 2.05) is 0 Å². The molecule has 0 amide bonds. The van der Waals surface area contributed by atoms with Crippen molar-refractivity contribution in [2.45, 2.75) is 110 Å². The van der Waals surface area contributed by atoms with Crippen LogP contribution in [0, 0.1) is 0 Å². The number of nitrogens with two attached hydrogens (primary N) is 1. The van der Waals surface area contributed by atoms with Gasteiger partial charge in [-0.1, -0.05) is 90.0 Å². The van der Waals surface area contributed by atoms with Crippen molar-refractivity contribution in [2.75, 3.05) is 26.2 Å². The van der Waals surface area contributed by atoms with Crippen molar-refractivity contribution in [2.24, 2.45) is 10.7 Å². The Hall–Kier alpha value is -1.89. The summed E-state index contributed by atoms with van der Waals surface area (Å²) in [5.41, 5.74) is 5.64. The van der Waals surface area contributed by atoms with Gasteiger partial charge in [-0.2, -0.15) is 0 Å². The number of carboxylic acid groups (broad SMARTS) is 2. The normalized spacial score (nSPS) is 13.2. The smallest absolute Gasteiger partial charge is 0.303 e. The maximum absolute atomic E-state index is 9.64. The molecule has 1 heterocycles. The van der Waals surface area contributed by atoms with Gasteiger partial charge in [0.25, 0.3) is 0 Å². The van der Waals surface area contributed by atoms with Crippen LogP contribution in [0.1, 0.15) is 110 Å². The fourth-order valence-corrected chi connectivity index (χ4v) is 3.72. The first-order valence-electron chi connectivity index (χ1n) is 13.1. The predicted molar refractivity (Wildman–Crippen MR) is 137 cm³/mol. The van der Waals surface area contributed by atoms with Crippen LogP contribution >= 0.6 is 0 Å². The fourth-order valence-electron chi connectivity index (χ4n) is 3.72. The topological polar surface area (TPSA) is 116 Å². The molecule has 1 rings (SSSR count). The third-order valence-electron chi connectivity index (χ3n) is 5.66. The highest BCUT2D eigenvalue weighted by atomic mass is 16.4. The number of nitrogens with zero attached hydrogens (tertiary/aromatic N) is 2. The molecule has 4 N–H and O–H groups in total. The Morgan fingerprint density at radius 2 is 1.36 bits per heavy atom. The van der Waals surface area contributed by atoms with Gasteiger partial charge in [0.15, 0.2) is 0 Å². The molecule has 0 radical (unpaired) electrons. The zero-order chi connectivity index (χ0) is 24.6. The van der Waals surface area contributed by atoms with Crippen LogP contribution < -0.4 is 5.73 Å². The van der Waals surface area contributed by atoms with Gasteiger partial charge in [-0.3, -0.25) is 14.6 Å². The molecule has 33 heavy (non-hydrogen) atoms. The summed E-state index contributed by atoms with van der Waals surface area (Å²) in [6, 6.07) is 0. The number of rotatable bonds is 20. The lowest BCUT2D eigenvalue weighted by Crippen LogP contribution is -2.31. The van der Waals surface area contributed by atoms with Gasteiger partial charge in [-0.05, 0) is 18.9 Å². The minimum Gasteiger partial charge on any atom is -0.481 e. The molecule has 0 unspecified atom stereocenters. The number of carboxylic acids is 2. The zero-order valence-corrected chi connectivity index (χ0v) is 21.0. The number of hydrogen-bond donors (Lipinski definition) is 3. The van der Waals surface area contributed by atoms with Crippen LogP contribution in [0.25, 0.3) is 0 Å². The Kier molecular flexibility index (Phi) is 21.9. The molecule has 0 aromatic heterocycles. The molecule has 0 atom stereocenters. The van der Waals surface area contributed by atoms with Gasteiger partial charge in [-0.25, -0.2) is 0 Å². The van der Waals surface area contributed by atoms with Gasteiger partial charge in [-0.15, -0.1) is 0 Å². The summed E-state index contributed by atoms with van der Waals surface area (Å²) in [5.74, 6) is -1.01. The van der Waals surface area contributed by atoms with Crippen molar-refractivity contribution >= 4 is 17.8 Å². The third kappa shape index (κ3) is 21.7. The summed E-state index contributed by atoms with van der Waals surface area (Å²) in [7, 11) is 0. The van der Waals surface area contributed by atoms with Crippen LogP contribution in [0.5, 0.6) is 0 Å². The Labute approximate surface area is 201 Å². The summed E-state index contributed by atoms with van der Waals surface area (Å²) in [6.45, 7) is 5.90. The van der Waals surface area contributed by atoms with Crippen molar-refractivity contribution < 1.29 is 19.8 Å². The van der Waals surface area contributed by atoms with E-state index in [2.05, 4.69) is 29.0 Å². The monoisotopic (exact) mass is 467 g/mol. The van der Waals surface area contributed by atoms with Gasteiger partial charge in [0.05, 0.1) is 19.4 Å². The highest BCUT2D eigenvalue weighted by Gasteiger charge is 2.12. The van der Waals surface area contributed by atoms with Crippen LogP contribution in [0.15, 0.2) is 17.1 Å². The molecule has 0 fully saturated rings. The summed E-state index contributed by atoms with van der Waals surface area (Å²) in [6.07, 6.45) is 23.6. The van der Waals surface area contributed by atoms with E-state index in [9.17, 15) is 9.59 Å². The molecular weight excluding hydrogens is 418 g/mol. The highest BCUT2D eigenvalue weighted by molar-refractivity contribution is 5.94. The number of allylic oxidation sites excluding steroid dienone is 1. The van der Waals surface area contributed by atoms with Gasteiger partial charge in [0.1, 0.15) is 5.84 Å². The van der Waals surface area contributed by atoms with Gasteiger partial charge in [0, 0.05) is 19.6 Å². The fraction of sp³-hybridized carbons (Fsp3) is 0.808. The molecule has 0 saturated heterocycles. The van der Waals surface area contributed by atoms with E-state index < -0.39 is 11.9 Å². The lowest BCUT2D eigenvalue weighted by Gasteiger charge is -2.16. The van der Waals surface area contributed by atoms with Gasteiger partial charge < -0.3 is 20.8 Å². The highest BCUT2D eigenvalue weighted by Crippen LogP contribution is 2.13. The molecule has 0 aromatic rings. The molecule has 0 saturated carbocycles. The maximum atomic E-state index is 9.64. The third-order valence-corrected chi connectivity index (χ3v) is 5.66. The first-order valence-corrected chi connectivity index (χ1v) is 13.1. The van der Waals surface area contributed by atoms with Crippen molar-refractivity contribution in [3.8, 4) is 0 Å². The minimum absolute atomic E-state index is 0.296. The molecular formula is C26H49N3O4. The lowest BCUT2D eigenvalue weighted by molar-refractivity contribution is -0.143. The van der Waals surface area contributed by atoms with Crippen LogP contribution in [0.3, 0.4) is 0 Å². The van der Waals surface area contributed by atoms with Crippen molar-refractivity contribution in [3.05, 3.63) is 12.2 Å². The Balaban J connectivity index is 0.00000109. The van der Waals surface area contributed by atoms with Crippen molar-refractivity contribution in [3.63, 3.8) is 0 Å². The van der Waals surface area contributed by atoms with Gasteiger partial charge >= 0.3 is 11.9 Å². The summed E-state index contributed by atoms with van der Waals surface area (Å²) < 4.78 is 0. The van der Waals surface area contributed by atoms with Gasteiger partial charge in [0.2, 0.25) is 0 Å². The number of aliphatic imine (C=N–C) groups is 1. The average Bonchev–Trinajstić information content (AvgIpc) is 3.22. The number of amidine groups is 1. The molecule has 7 heteroatoms. The second kappa shape index (κ2) is 23.3. The minimum atomic E-state index is -1.08. The second-order valence-electron chi connectivity index (χ2n) is 8.74. The SMILES string of the molecule is CCCCCCCCCCCCCCCC=CC1=NCCN1CCN.O=C(O)CCC(=O)O. The van der Waals surface area contributed by atoms with E-state index in [1.54, 1.807) is 0 Å².